The van der Waals surface area contributed by atoms with Gasteiger partial charge in [-0.3, -0.25) is 0 Å². The summed E-state index contributed by atoms with van der Waals surface area (Å²) in [5.41, 5.74) is 0.0839. The summed E-state index contributed by atoms with van der Waals surface area (Å²) in [5.74, 6) is -2.73. The van der Waals surface area contributed by atoms with Crippen LogP contribution in [0.15, 0.2) is 28.7 Å². The molecule has 0 saturated carbocycles. The third-order valence-electron chi connectivity index (χ3n) is 1.91. The zero-order valence-electron chi connectivity index (χ0n) is 8.23. The van der Waals surface area contributed by atoms with Crippen molar-refractivity contribution >= 4 is 15.9 Å². The van der Waals surface area contributed by atoms with E-state index in [2.05, 4.69) is 15.9 Å². The van der Waals surface area contributed by atoms with Crippen molar-refractivity contribution in [3.05, 3.63) is 34.3 Å². The molecule has 1 aromatic carbocycles. The molecule has 0 atom stereocenters. The molecule has 0 amide bonds. The van der Waals surface area contributed by atoms with E-state index in [4.69, 9.17) is 0 Å². The number of rotatable bonds is 3. The molecule has 0 bridgehead atoms. The van der Waals surface area contributed by atoms with Crippen LogP contribution in [0.3, 0.4) is 0 Å². The second kappa shape index (κ2) is 4.39. The lowest BCUT2D eigenvalue weighted by Gasteiger charge is -2.18. The fourth-order valence-electron chi connectivity index (χ4n) is 1.35. The molecule has 0 saturated heterocycles. The predicted octanol–water partition coefficient (Wildman–Crippen LogP) is 4.59. The first kappa shape index (κ1) is 11.6. The molecule has 0 heterocycles. The Hall–Kier alpha value is -0.440. The molecule has 0 N–H and O–H groups in total. The molecule has 78 valence electrons. The van der Waals surface area contributed by atoms with E-state index in [1.165, 1.54) is 12.1 Å². The molecule has 14 heavy (non-hydrogen) atoms. The summed E-state index contributed by atoms with van der Waals surface area (Å²) in [6, 6.07) is 6.32. The van der Waals surface area contributed by atoms with Gasteiger partial charge in [0, 0.05) is 16.5 Å². The number of benzene rings is 1. The first-order valence-electron chi connectivity index (χ1n) is 4.55. The fourth-order valence-corrected chi connectivity index (χ4v) is 1.75. The monoisotopic (exact) mass is 262 g/mol. The first-order valence-corrected chi connectivity index (χ1v) is 5.35. The van der Waals surface area contributed by atoms with Crippen molar-refractivity contribution in [2.75, 3.05) is 0 Å². The van der Waals surface area contributed by atoms with E-state index < -0.39 is 5.92 Å². The quantitative estimate of drug-likeness (QED) is 0.748. The van der Waals surface area contributed by atoms with Gasteiger partial charge >= 0.3 is 0 Å². The number of hydrogen-bond donors (Lipinski definition) is 0. The molecule has 0 fully saturated rings. The Kier molecular flexibility index (Phi) is 3.65. The van der Waals surface area contributed by atoms with Crippen molar-refractivity contribution in [3.63, 3.8) is 0 Å². The standard InChI is InChI=1S/C11H13BrF2/c1-8(2)7-11(13,14)9-4-3-5-10(12)6-9/h3-6,8H,7H2,1-2H3. The van der Waals surface area contributed by atoms with Crippen LogP contribution in [0, 0.1) is 5.92 Å². The molecule has 1 aromatic rings. The summed E-state index contributed by atoms with van der Waals surface area (Å²) < 4.78 is 27.8. The number of halogens is 3. The number of alkyl halides is 2. The highest BCUT2D eigenvalue weighted by atomic mass is 79.9. The van der Waals surface area contributed by atoms with Crippen molar-refractivity contribution in [3.8, 4) is 0 Å². The van der Waals surface area contributed by atoms with Crippen LogP contribution in [0.25, 0.3) is 0 Å². The minimum atomic E-state index is -2.72. The molecule has 0 unspecified atom stereocenters. The van der Waals surface area contributed by atoms with Crippen molar-refractivity contribution in [1.82, 2.24) is 0 Å². The van der Waals surface area contributed by atoms with E-state index in [0.29, 0.717) is 4.47 Å². The molecule has 1 rings (SSSR count). The highest BCUT2D eigenvalue weighted by Crippen LogP contribution is 2.35. The van der Waals surface area contributed by atoms with Crippen LogP contribution in [-0.4, -0.2) is 0 Å². The van der Waals surface area contributed by atoms with Gasteiger partial charge in [-0.15, -0.1) is 0 Å². The van der Waals surface area contributed by atoms with Crippen LogP contribution >= 0.6 is 15.9 Å². The zero-order valence-corrected chi connectivity index (χ0v) is 9.81. The molecule has 3 heteroatoms. The van der Waals surface area contributed by atoms with E-state index >= 15 is 0 Å². The van der Waals surface area contributed by atoms with Crippen molar-refractivity contribution in [2.45, 2.75) is 26.2 Å². The van der Waals surface area contributed by atoms with Gasteiger partial charge in [0.2, 0.25) is 0 Å². The van der Waals surface area contributed by atoms with E-state index in [-0.39, 0.29) is 17.9 Å². The summed E-state index contributed by atoms with van der Waals surface area (Å²) >= 11 is 3.19. The molecule has 0 aliphatic heterocycles. The molecular formula is C11H13BrF2. The Morgan fingerprint density at radius 2 is 2.00 bits per heavy atom. The Morgan fingerprint density at radius 1 is 1.36 bits per heavy atom. The minimum Gasteiger partial charge on any atom is -0.201 e. The van der Waals surface area contributed by atoms with Gasteiger partial charge in [0.1, 0.15) is 0 Å². The maximum absolute atomic E-state index is 13.6. The first-order chi connectivity index (χ1) is 6.42. The molecular weight excluding hydrogens is 250 g/mol. The lowest BCUT2D eigenvalue weighted by molar-refractivity contribution is -0.0249. The zero-order chi connectivity index (χ0) is 10.8. The van der Waals surface area contributed by atoms with E-state index in [1.807, 2.05) is 0 Å². The smallest absolute Gasteiger partial charge is 0.201 e. The Balaban J connectivity index is 2.91. The maximum atomic E-state index is 13.6. The molecule has 0 aliphatic carbocycles. The summed E-state index contributed by atoms with van der Waals surface area (Å²) in [5, 5.41) is 0. The Bertz CT molecular complexity index is 308. The maximum Gasteiger partial charge on any atom is 0.273 e. The normalized spacial score (nSPS) is 12.1. The second-order valence-electron chi connectivity index (χ2n) is 3.81. The summed E-state index contributed by atoms with van der Waals surface area (Å²) in [4.78, 5) is 0. The van der Waals surface area contributed by atoms with E-state index in [9.17, 15) is 8.78 Å². The Labute approximate surface area is 91.5 Å². The lowest BCUT2D eigenvalue weighted by atomic mass is 9.99. The molecule has 0 spiro atoms. The van der Waals surface area contributed by atoms with Crippen LogP contribution in [0.5, 0.6) is 0 Å². The summed E-state index contributed by atoms with van der Waals surface area (Å²) in [6.45, 7) is 3.60. The van der Waals surface area contributed by atoms with Gasteiger partial charge < -0.3 is 0 Å². The van der Waals surface area contributed by atoms with Gasteiger partial charge in [-0.2, -0.15) is 0 Å². The second-order valence-corrected chi connectivity index (χ2v) is 4.73. The van der Waals surface area contributed by atoms with Gasteiger partial charge in [-0.25, -0.2) is 8.78 Å². The fraction of sp³-hybridized carbons (Fsp3) is 0.455. The topological polar surface area (TPSA) is 0 Å². The third-order valence-corrected chi connectivity index (χ3v) is 2.40. The van der Waals surface area contributed by atoms with Gasteiger partial charge in [-0.1, -0.05) is 41.9 Å². The van der Waals surface area contributed by atoms with Crippen molar-refractivity contribution in [2.24, 2.45) is 5.92 Å². The lowest BCUT2D eigenvalue weighted by Crippen LogP contribution is -2.16. The Morgan fingerprint density at radius 3 is 2.50 bits per heavy atom. The van der Waals surface area contributed by atoms with Crippen LogP contribution < -0.4 is 0 Å². The molecule has 0 aliphatic rings. The highest BCUT2D eigenvalue weighted by Gasteiger charge is 2.32. The van der Waals surface area contributed by atoms with Gasteiger partial charge in [0.05, 0.1) is 0 Å². The van der Waals surface area contributed by atoms with Crippen molar-refractivity contribution in [1.29, 1.82) is 0 Å². The SMILES string of the molecule is CC(C)CC(F)(F)c1cccc(Br)c1. The van der Waals surface area contributed by atoms with E-state index in [1.54, 1.807) is 26.0 Å². The van der Waals surface area contributed by atoms with Crippen molar-refractivity contribution < 1.29 is 8.78 Å². The molecule has 0 radical (unpaired) electrons. The average molecular weight is 263 g/mol. The summed E-state index contributed by atoms with van der Waals surface area (Å²) in [6.07, 6.45) is -0.108. The molecule has 0 aromatic heterocycles. The van der Waals surface area contributed by atoms with Crippen LogP contribution in [-0.2, 0) is 5.92 Å². The number of hydrogen-bond acceptors (Lipinski definition) is 0. The van der Waals surface area contributed by atoms with Gasteiger partial charge in [-0.05, 0) is 18.1 Å². The minimum absolute atomic E-state index is 0.0102. The average Bonchev–Trinajstić information content (AvgIpc) is 2.01. The van der Waals surface area contributed by atoms with E-state index in [0.717, 1.165) is 0 Å². The van der Waals surface area contributed by atoms with Gasteiger partial charge in [0.25, 0.3) is 5.92 Å². The summed E-state index contributed by atoms with van der Waals surface area (Å²) in [7, 11) is 0. The predicted molar refractivity (Wildman–Crippen MR) is 57.5 cm³/mol. The van der Waals surface area contributed by atoms with Gasteiger partial charge in [0.15, 0.2) is 0 Å². The van der Waals surface area contributed by atoms with Crippen LogP contribution in [0.4, 0.5) is 8.78 Å². The van der Waals surface area contributed by atoms with Crippen LogP contribution in [0.2, 0.25) is 0 Å². The third kappa shape index (κ3) is 3.05. The largest absolute Gasteiger partial charge is 0.273 e. The van der Waals surface area contributed by atoms with Crippen LogP contribution in [0.1, 0.15) is 25.8 Å². The highest BCUT2D eigenvalue weighted by molar-refractivity contribution is 9.10. The molecule has 0 nitrogen and oxygen atoms in total.